The van der Waals surface area contributed by atoms with Crippen LogP contribution >= 0.6 is 11.6 Å². The molecule has 0 amide bonds. The number of nitro benzene ring substituents is 1. The van der Waals surface area contributed by atoms with Gasteiger partial charge in [-0.1, -0.05) is 18.2 Å². The molecule has 0 bridgehead atoms. The number of halogens is 1. The van der Waals surface area contributed by atoms with Gasteiger partial charge in [-0.05, 0) is 24.3 Å². The Labute approximate surface area is 150 Å². The molecule has 10 heteroatoms. The van der Waals surface area contributed by atoms with Crippen LogP contribution in [0.15, 0.2) is 64.4 Å². The van der Waals surface area contributed by atoms with E-state index in [2.05, 4.69) is 0 Å². The van der Waals surface area contributed by atoms with Gasteiger partial charge in [0.15, 0.2) is 19.7 Å². The first-order valence-corrected chi connectivity index (χ1v) is 10.7. The van der Waals surface area contributed by atoms with Crippen molar-refractivity contribution in [3.8, 4) is 0 Å². The van der Waals surface area contributed by atoms with E-state index >= 15 is 0 Å². The first-order valence-electron chi connectivity index (χ1n) is 7.01. The molecule has 0 saturated heterocycles. The van der Waals surface area contributed by atoms with Crippen LogP contribution in [0.2, 0.25) is 0 Å². The van der Waals surface area contributed by atoms with E-state index in [9.17, 15) is 26.9 Å². The van der Waals surface area contributed by atoms with Gasteiger partial charge in [0.1, 0.15) is 0 Å². The van der Waals surface area contributed by atoms with E-state index in [1.54, 1.807) is 18.2 Å². The average molecular weight is 404 g/mol. The molecule has 0 saturated carbocycles. The van der Waals surface area contributed by atoms with Crippen molar-refractivity contribution in [2.24, 2.45) is 0 Å². The van der Waals surface area contributed by atoms with E-state index in [1.165, 1.54) is 12.1 Å². The van der Waals surface area contributed by atoms with Crippen LogP contribution < -0.4 is 0 Å². The number of benzene rings is 2. The molecule has 0 N–H and O–H groups in total. The summed E-state index contributed by atoms with van der Waals surface area (Å²) >= 11 is 5.96. The van der Waals surface area contributed by atoms with Gasteiger partial charge in [-0.15, -0.1) is 11.6 Å². The maximum Gasteiger partial charge on any atom is 0.269 e. The van der Waals surface area contributed by atoms with Gasteiger partial charge in [-0.25, -0.2) is 16.8 Å². The number of non-ortho nitro benzene ring substituents is 1. The first kappa shape index (κ1) is 19.4. The standard InChI is InChI=1S/C15H14ClNO6S2/c16-12(10-24(20,21)14-4-2-1-3-5-14)11-25(22,23)15-8-6-13(7-9-15)17(18)19/h1-9,12H,10-11H2/t12-/m0/s1. The Morgan fingerprint density at radius 3 is 1.72 bits per heavy atom. The van der Waals surface area contributed by atoms with Crippen molar-refractivity contribution in [3.05, 3.63) is 64.7 Å². The summed E-state index contributed by atoms with van der Waals surface area (Å²) in [6.07, 6.45) is 0. The molecule has 2 aromatic rings. The Morgan fingerprint density at radius 1 is 0.840 bits per heavy atom. The Bertz CT molecular complexity index is 957. The summed E-state index contributed by atoms with van der Waals surface area (Å²) in [4.78, 5) is 9.87. The van der Waals surface area contributed by atoms with Gasteiger partial charge in [0.2, 0.25) is 0 Å². The van der Waals surface area contributed by atoms with Gasteiger partial charge in [-0.2, -0.15) is 0 Å². The molecule has 0 heterocycles. The molecule has 25 heavy (non-hydrogen) atoms. The monoisotopic (exact) mass is 403 g/mol. The van der Waals surface area contributed by atoms with Crippen molar-refractivity contribution in [1.29, 1.82) is 0 Å². The summed E-state index contributed by atoms with van der Waals surface area (Å²) in [7, 11) is -7.59. The van der Waals surface area contributed by atoms with Crippen molar-refractivity contribution in [2.45, 2.75) is 15.2 Å². The lowest BCUT2D eigenvalue weighted by molar-refractivity contribution is -0.384. The van der Waals surface area contributed by atoms with Gasteiger partial charge >= 0.3 is 0 Å². The summed E-state index contributed by atoms with van der Waals surface area (Å²) in [5.74, 6) is -1.14. The molecular formula is C15H14ClNO6S2. The Kier molecular flexibility index (Phi) is 5.81. The molecular weight excluding hydrogens is 390 g/mol. The van der Waals surface area contributed by atoms with Crippen LogP contribution in [0.1, 0.15) is 0 Å². The fourth-order valence-electron chi connectivity index (χ4n) is 2.12. The van der Waals surface area contributed by atoms with E-state index < -0.39 is 41.5 Å². The second-order valence-electron chi connectivity index (χ2n) is 5.22. The minimum absolute atomic E-state index is 0.0633. The predicted octanol–water partition coefficient (Wildman–Crippen LogP) is 2.45. The predicted molar refractivity (Wildman–Crippen MR) is 93.3 cm³/mol. The van der Waals surface area contributed by atoms with E-state index in [-0.39, 0.29) is 15.5 Å². The highest BCUT2D eigenvalue weighted by atomic mass is 35.5. The molecule has 0 fully saturated rings. The summed E-state index contributed by atoms with van der Waals surface area (Å²) in [6, 6.07) is 11.9. The van der Waals surface area contributed by atoms with Gasteiger partial charge in [0, 0.05) is 12.1 Å². The molecule has 0 aliphatic rings. The third-order valence-corrected chi connectivity index (χ3v) is 7.65. The quantitative estimate of drug-likeness (QED) is 0.398. The number of rotatable bonds is 7. The van der Waals surface area contributed by atoms with Crippen LogP contribution in [0.4, 0.5) is 5.69 Å². The van der Waals surface area contributed by atoms with Crippen LogP contribution in [0, 0.1) is 10.1 Å². The summed E-state index contributed by atoms with van der Waals surface area (Å²) < 4.78 is 49.1. The summed E-state index contributed by atoms with van der Waals surface area (Å²) in [5.41, 5.74) is -0.243. The lowest BCUT2D eigenvalue weighted by Crippen LogP contribution is -2.24. The van der Waals surface area contributed by atoms with E-state index in [0.717, 1.165) is 24.3 Å². The zero-order valence-corrected chi connectivity index (χ0v) is 15.2. The van der Waals surface area contributed by atoms with Crippen LogP contribution in [-0.2, 0) is 19.7 Å². The Balaban J connectivity index is 2.13. The lowest BCUT2D eigenvalue weighted by Gasteiger charge is -2.11. The van der Waals surface area contributed by atoms with E-state index in [4.69, 9.17) is 11.6 Å². The van der Waals surface area contributed by atoms with E-state index in [1.807, 2.05) is 0 Å². The van der Waals surface area contributed by atoms with Crippen molar-refractivity contribution < 1.29 is 21.8 Å². The molecule has 0 aliphatic heterocycles. The van der Waals surface area contributed by atoms with E-state index in [0.29, 0.717) is 0 Å². The number of nitro groups is 1. The molecule has 7 nitrogen and oxygen atoms in total. The fraction of sp³-hybridized carbons (Fsp3) is 0.200. The minimum Gasteiger partial charge on any atom is -0.258 e. The fourth-order valence-corrected chi connectivity index (χ4v) is 5.96. The highest BCUT2D eigenvalue weighted by Crippen LogP contribution is 2.20. The highest BCUT2D eigenvalue weighted by Gasteiger charge is 2.26. The second kappa shape index (κ2) is 7.51. The topological polar surface area (TPSA) is 111 Å². The summed E-state index contributed by atoms with van der Waals surface area (Å²) in [5, 5.41) is 9.44. The van der Waals surface area contributed by atoms with Crippen molar-refractivity contribution in [1.82, 2.24) is 0 Å². The van der Waals surface area contributed by atoms with Crippen molar-refractivity contribution in [2.75, 3.05) is 11.5 Å². The van der Waals surface area contributed by atoms with Gasteiger partial charge < -0.3 is 0 Å². The number of alkyl halides is 1. The summed E-state index contributed by atoms with van der Waals surface area (Å²) in [6.45, 7) is 0. The number of nitrogens with zero attached hydrogens (tertiary/aromatic N) is 1. The Hall–Kier alpha value is -1.97. The molecule has 2 rings (SSSR count). The number of hydrogen-bond donors (Lipinski definition) is 0. The van der Waals surface area contributed by atoms with Crippen molar-refractivity contribution in [3.63, 3.8) is 0 Å². The van der Waals surface area contributed by atoms with Crippen LogP contribution in [-0.4, -0.2) is 38.6 Å². The number of hydrogen-bond acceptors (Lipinski definition) is 6. The molecule has 0 aromatic heterocycles. The highest BCUT2D eigenvalue weighted by molar-refractivity contribution is 7.92. The van der Waals surface area contributed by atoms with Gasteiger partial charge in [-0.3, -0.25) is 10.1 Å². The van der Waals surface area contributed by atoms with Gasteiger partial charge in [0.05, 0.1) is 31.6 Å². The second-order valence-corrected chi connectivity index (χ2v) is 9.91. The maximum atomic E-state index is 12.3. The molecule has 0 aliphatic carbocycles. The molecule has 134 valence electrons. The van der Waals surface area contributed by atoms with Crippen LogP contribution in [0.5, 0.6) is 0 Å². The zero-order chi connectivity index (χ0) is 18.7. The number of sulfone groups is 2. The molecule has 1 atom stereocenters. The normalized spacial score (nSPS) is 13.3. The van der Waals surface area contributed by atoms with Crippen LogP contribution in [0.25, 0.3) is 0 Å². The first-order chi connectivity index (χ1) is 11.6. The third-order valence-electron chi connectivity index (χ3n) is 3.31. The molecule has 0 spiro atoms. The third kappa shape index (κ3) is 5.00. The van der Waals surface area contributed by atoms with Crippen molar-refractivity contribution >= 4 is 37.0 Å². The molecule has 2 aromatic carbocycles. The van der Waals surface area contributed by atoms with Gasteiger partial charge in [0.25, 0.3) is 5.69 Å². The lowest BCUT2D eigenvalue weighted by atomic mass is 10.3. The largest absolute Gasteiger partial charge is 0.269 e. The smallest absolute Gasteiger partial charge is 0.258 e. The SMILES string of the molecule is O=[N+]([O-])c1ccc(S(=O)(=O)C[C@@H](Cl)CS(=O)(=O)c2ccccc2)cc1. The zero-order valence-electron chi connectivity index (χ0n) is 12.8. The maximum absolute atomic E-state index is 12.3. The van der Waals surface area contributed by atoms with Crippen LogP contribution in [0.3, 0.4) is 0 Å². The molecule has 0 unspecified atom stereocenters. The molecule has 0 radical (unpaired) electrons. The Morgan fingerprint density at radius 2 is 1.28 bits per heavy atom. The minimum atomic E-state index is -3.88. The average Bonchev–Trinajstić information content (AvgIpc) is 2.54.